The predicted octanol–water partition coefficient (Wildman–Crippen LogP) is 3.40. The number of halogens is 1. The summed E-state index contributed by atoms with van der Waals surface area (Å²) in [5.74, 6) is 0.326. The third-order valence-electron chi connectivity index (χ3n) is 5.93. The molecule has 1 aromatic carbocycles. The second kappa shape index (κ2) is 12.0. The average molecular weight is 561 g/mol. The van der Waals surface area contributed by atoms with Crippen LogP contribution >= 0.6 is 15.9 Å². The highest BCUT2D eigenvalue weighted by atomic mass is 79.9. The van der Waals surface area contributed by atoms with Crippen LogP contribution in [0.3, 0.4) is 0 Å². The topological polar surface area (TPSA) is 104 Å². The van der Waals surface area contributed by atoms with Crippen LogP contribution in [-0.4, -0.2) is 91.5 Å². The zero-order valence-electron chi connectivity index (χ0n) is 19.8. The Labute approximate surface area is 214 Å². The fraction of sp³-hybridized carbons (Fsp3) is 0.417. The van der Waals surface area contributed by atoms with Crippen molar-refractivity contribution >= 4 is 54.4 Å². The van der Waals surface area contributed by atoms with E-state index in [1.165, 1.54) is 24.8 Å². The molecule has 0 amide bonds. The maximum absolute atomic E-state index is 12.9. The van der Waals surface area contributed by atoms with Crippen molar-refractivity contribution < 1.29 is 8.42 Å². The molecule has 1 aliphatic heterocycles. The van der Waals surface area contributed by atoms with Crippen molar-refractivity contribution in [3.8, 4) is 0 Å². The second-order valence-electron chi connectivity index (χ2n) is 8.62. The minimum absolute atomic E-state index is 0.0152. The molecule has 1 saturated heterocycles. The molecule has 2 aromatic heterocycles. The van der Waals surface area contributed by atoms with Gasteiger partial charge in [-0.15, -0.1) is 0 Å². The first-order chi connectivity index (χ1) is 16.9. The second-order valence-corrected chi connectivity index (χ2v) is 11.5. The highest BCUT2D eigenvalue weighted by molar-refractivity contribution is 9.10. The minimum Gasteiger partial charge on any atom is -0.340 e. The summed E-state index contributed by atoms with van der Waals surface area (Å²) in [6.07, 6.45) is 6.38. The van der Waals surface area contributed by atoms with Gasteiger partial charge in [-0.3, -0.25) is 4.99 Å². The summed E-state index contributed by atoms with van der Waals surface area (Å²) in [4.78, 5) is 21.8. The van der Waals surface area contributed by atoms with E-state index < -0.39 is 9.84 Å². The number of piperazine rings is 1. The molecule has 3 heterocycles. The maximum atomic E-state index is 12.9. The van der Waals surface area contributed by atoms with E-state index in [9.17, 15) is 8.42 Å². The van der Waals surface area contributed by atoms with Crippen LogP contribution < -0.4 is 5.32 Å². The fourth-order valence-electron chi connectivity index (χ4n) is 3.85. The summed E-state index contributed by atoms with van der Waals surface area (Å²) in [6, 6.07) is 9.16. The number of pyridine rings is 1. The van der Waals surface area contributed by atoms with Gasteiger partial charge in [0.05, 0.1) is 17.5 Å². The quantitative estimate of drug-likeness (QED) is 0.297. The Bertz CT molecular complexity index is 1280. The summed E-state index contributed by atoms with van der Waals surface area (Å²) < 4.78 is 26.7. The maximum Gasteiger partial charge on any atom is 0.200 e. The Kier molecular flexibility index (Phi) is 8.77. The van der Waals surface area contributed by atoms with Crippen LogP contribution in [0, 0.1) is 0 Å². The van der Waals surface area contributed by atoms with Crippen molar-refractivity contribution in [2.45, 2.75) is 17.9 Å². The molecule has 1 fully saturated rings. The van der Waals surface area contributed by atoms with Gasteiger partial charge >= 0.3 is 0 Å². The number of anilines is 2. The van der Waals surface area contributed by atoms with E-state index in [2.05, 4.69) is 58.0 Å². The molecule has 0 aliphatic carbocycles. The van der Waals surface area contributed by atoms with Crippen molar-refractivity contribution in [1.82, 2.24) is 24.8 Å². The van der Waals surface area contributed by atoms with E-state index in [4.69, 9.17) is 0 Å². The molecular weight excluding hydrogens is 530 g/mol. The number of aliphatic imine (C=N–C) groups is 1. The molecule has 0 saturated carbocycles. The zero-order valence-corrected chi connectivity index (χ0v) is 22.2. The lowest BCUT2D eigenvalue weighted by Gasteiger charge is -2.32. The molecule has 0 spiro atoms. The van der Waals surface area contributed by atoms with Crippen molar-refractivity contribution in [2.75, 3.05) is 57.4 Å². The first kappa shape index (κ1) is 25.6. The van der Waals surface area contributed by atoms with Gasteiger partial charge < -0.3 is 15.1 Å². The van der Waals surface area contributed by atoms with Crippen LogP contribution in [0.2, 0.25) is 0 Å². The van der Waals surface area contributed by atoms with Gasteiger partial charge in [0.25, 0.3) is 0 Å². The lowest BCUT2D eigenvalue weighted by Crippen LogP contribution is -2.44. The summed E-state index contributed by atoms with van der Waals surface area (Å²) >= 11 is 3.45. The molecule has 0 atom stereocenters. The van der Waals surface area contributed by atoms with Crippen LogP contribution in [0.4, 0.5) is 11.5 Å². The number of nitrogens with one attached hydrogen (secondary N) is 1. The van der Waals surface area contributed by atoms with Crippen LogP contribution in [0.15, 0.2) is 57.3 Å². The molecule has 4 rings (SSSR count). The molecule has 3 aromatic rings. The largest absolute Gasteiger partial charge is 0.340 e. The number of benzene rings is 1. The van der Waals surface area contributed by atoms with Crippen LogP contribution in [-0.2, 0) is 9.84 Å². The highest BCUT2D eigenvalue weighted by Gasteiger charge is 2.17. The van der Waals surface area contributed by atoms with Gasteiger partial charge in [0, 0.05) is 54.5 Å². The Morgan fingerprint density at radius 2 is 1.94 bits per heavy atom. The summed E-state index contributed by atoms with van der Waals surface area (Å²) in [6.45, 7) is 6.16. The number of hydrogen-bond donors (Lipinski definition) is 1. The number of nitrogens with zero attached hydrogens (tertiary/aromatic N) is 6. The van der Waals surface area contributed by atoms with Crippen LogP contribution in [0.25, 0.3) is 10.9 Å². The third kappa shape index (κ3) is 7.26. The summed E-state index contributed by atoms with van der Waals surface area (Å²) in [7, 11) is -1.47. The molecule has 186 valence electrons. The fourth-order valence-corrected chi connectivity index (χ4v) is 5.23. The standard InChI is InChI=1S/C24H30BrN7O2S/c1-31-10-12-32(13-11-31)9-3-2-7-26-8-14-35(33,34)23-16-21-22(17-27-23)28-18-29-24(21)30-20-6-4-5-19(25)15-20/h4-6,8,15-18H,2-3,7,9-14H2,1H3,(H,28,29,30). The Morgan fingerprint density at radius 3 is 2.74 bits per heavy atom. The van der Waals surface area contributed by atoms with Gasteiger partial charge in [0.1, 0.15) is 12.1 Å². The van der Waals surface area contributed by atoms with Crippen LogP contribution in [0.5, 0.6) is 0 Å². The molecule has 11 heteroatoms. The average Bonchev–Trinajstić information content (AvgIpc) is 2.84. The number of fused-ring (bicyclic) bond motifs is 1. The van der Waals surface area contributed by atoms with Gasteiger partial charge in [0.15, 0.2) is 5.03 Å². The van der Waals surface area contributed by atoms with E-state index in [0.29, 0.717) is 23.3 Å². The molecule has 9 nitrogen and oxygen atoms in total. The lowest BCUT2D eigenvalue weighted by atomic mass is 10.2. The van der Waals surface area contributed by atoms with Crippen molar-refractivity contribution in [1.29, 1.82) is 0 Å². The van der Waals surface area contributed by atoms with Gasteiger partial charge in [-0.25, -0.2) is 23.4 Å². The number of unbranched alkanes of at least 4 members (excludes halogenated alkanes) is 1. The molecule has 0 bridgehead atoms. The first-order valence-corrected chi connectivity index (χ1v) is 14.1. The number of rotatable bonds is 10. The lowest BCUT2D eigenvalue weighted by molar-refractivity contribution is 0.152. The van der Waals surface area contributed by atoms with E-state index in [-0.39, 0.29) is 10.8 Å². The van der Waals surface area contributed by atoms with Crippen molar-refractivity contribution in [2.24, 2.45) is 4.99 Å². The highest BCUT2D eigenvalue weighted by Crippen LogP contribution is 2.26. The van der Waals surface area contributed by atoms with Crippen LogP contribution in [0.1, 0.15) is 12.8 Å². The van der Waals surface area contributed by atoms with Crippen molar-refractivity contribution in [3.05, 3.63) is 47.3 Å². The molecule has 1 N–H and O–H groups in total. The predicted molar refractivity (Wildman–Crippen MR) is 143 cm³/mol. The summed E-state index contributed by atoms with van der Waals surface area (Å²) in [5, 5.41) is 3.80. The molecular formula is C24H30BrN7O2S. The smallest absolute Gasteiger partial charge is 0.200 e. The number of likely N-dealkylation sites (N-methyl/N-ethyl adjacent to an activating group) is 1. The Morgan fingerprint density at radius 1 is 1.11 bits per heavy atom. The van der Waals surface area contributed by atoms with E-state index in [0.717, 1.165) is 55.7 Å². The minimum atomic E-state index is -3.63. The van der Waals surface area contributed by atoms with Gasteiger partial charge in [0.2, 0.25) is 9.84 Å². The monoisotopic (exact) mass is 559 g/mol. The zero-order chi connectivity index (χ0) is 24.7. The molecule has 35 heavy (non-hydrogen) atoms. The molecule has 0 unspecified atom stereocenters. The van der Waals surface area contributed by atoms with E-state index in [1.807, 2.05) is 24.3 Å². The van der Waals surface area contributed by atoms with E-state index >= 15 is 0 Å². The summed E-state index contributed by atoms with van der Waals surface area (Å²) in [5.41, 5.74) is 1.38. The first-order valence-electron chi connectivity index (χ1n) is 11.7. The normalized spacial score (nSPS) is 15.7. The number of aromatic nitrogens is 3. The SMILES string of the molecule is CN1CCN(CCCCN=CCS(=O)(=O)c2cc3c(Nc4cccc(Br)c4)ncnc3cn2)CC1. The van der Waals surface area contributed by atoms with Gasteiger partial charge in [-0.05, 0) is 50.7 Å². The Hall–Kier alpha value is -2.47. The van der Waals surface area contributed by atoms with E-state index in [1.54, 1.807) is 0 Å². The van der Waals surface area contributed by atoms with Crippen molar-refractivity contribution in [3.63, 3.8) is 0 Å². The number of sulfone groups is 1. The molecule has 1 aliphatic rings. The molecule has 0 radical (unpaired) electrons. The number of hydrogen-bond acceptors (Lipinski definition) is 9. The van der Waals surface area contributed by atoms with Gasteiger partial charge in [-0.2, -0.15) is 0 Å². The Balaban J connectivity index is 1.34. The van der Waals surface area contributed by atoms with Gasteiger partial charge in [-0.1, -0.05) is 22.0 Å². The third-order valence-corrected chi connectivity index (χ3v) is 7.87.